The highest BCUT2D eigenvalue weighted by Gasteiger charge is 2.14. The van der Waals surface area contributed by atoms with E-state index in [2.05, 4.69) is 0 Å². The number of hydrogen-bond donors (Lipinski definition) is 1. The maximum atomic E-state index is 11.4. The van der Waals surface area contributed by atoms with Gasteiger partial charge in [-0.2, -0.15) is 0 Å². The molecule has 128 valence electrons. The quantitative estimate of drug-likeness (QED) is 0.859. The monoisotopic (exact) mass is 350 g/mol. The van der Waals surface area contributed by atoms with E-state index in [1.165, 1.54) is 36.4 Å². The highest BCUT2D eigenvalue weighted by atomic mass is 32.2. The second-order valence-electron chi connectivity index (χ2n) is 5.48. The lowest BCUT2D eigenvalue weighted by Crippen LogP contribution is -2.09. The molecule has 0 unspecified atom stereocenters. The van der Waals surface area contributed by atoms with Crippen molar-refractivity contribution in [2.24, 2.45) is 0 Å². The van der Waals surface area contributed by atoms with E-state index in [9.17, 15) is 18.3 Å². The highest BCUT2D eigenvalue weighted by molar-refractivity contribution is 7.90. The predicted octanol–water partition coefficient (Wildman–Crippen LogP) is 3.37. The van der Waals surface area contributed by atoms with E-state index >= 15 is 0 Å². The molecule has 0 aromatic heterocycles. The standard InChI is InChI=1S/C17H18O6S/c1-11(2)22-16-9-6-13(10-15(16)17(18)19)23-12-4-7-14(8-5-12)24(3,20)21/h4-11H,1-3H3,(H,18,19). The summed E-state index contributed by atoms with van der Waals surface area (Å²) in [6.45, 7) is 3.61. The molecular formula is C17H18O6S. The topological polar surface area (TPSA) is 89.9 Å². The first-order valence-electron chi connectivity index (χ1n) is 7.19. The summed E-state index contributed by atoms with van der Waals surface area (Å²) in [5.74, 6) is -0.146. The molecule has 0 atom stereocenters. The molecule has 6 nitrogen and oxygen atoms in total. The number of aromatic carboxylic acids is 1. The molecule has 2 aromatic rings. The molecule has 0 heterocycles. The second kappa shape index (κ2) is 6.92. The Morgan fingerprint density at radius 3 is 2.12 bits per heavy atom. The molecule has 1 N–H and O–H groups in total. The van der Waals surface area contributed by atoms with Crippen LogP contribution in [0.25, 0.3) is 0 Å². The van der Waals surface area contributed by atoms with Crippen LogP contribution in [0.15, 0.2) is 47.4 Å². The minimum absolute atomic E-state index is 0.00560. The highest BCUT2D eigenvalue weighted by Crippen LogP contribution is 2.29. The Kier molecular flexibility index (Phi) is 5.14. The Labute approximate surface area is 140 Å². The summed E-state index contributed by atoms with van der Waals surface area (Å²) >= 11 is 0. The fourth-order valence-electron chi connectivity index (χ4n) is 1.99. The Balaban J connectivity index is 2.27. The molecule has 0 bridgehead atoms. The third-order valence-corrected chi connectivity index (χ3v) is 4.16. The first-order chi connectivity index (χ1) is 11.2. The summed E-state index contributed by atoms with van der Waals surface area (Å²) in [7, 11) is -3.28. The maximum absolute atomic E-state index is 11.4. The van der Waals surface area contributed by atoms with E-state index in [1.54, 1.807) is 19.9 Å². The summed E-state index contributed by atoms with van der Waals surface area (Å²) < 4.78 is 33.9. The van der Waals surface area contributed by atoms with E-state index in [-0.39, 0.29) is 22.3 Å². The molecule has 0 saturated heterocycles. The number of carboxylic acid groups (broad SMARTS) is 1. The molecule has 0 fully saturated rings. The normalized spacial score (nSPS) is 11.3. The second-order valence-corrected chi connectivity index (χ2v) is 7.49. The van der Waals surface area contributed by atoms with Crippen LogP contribution in [0, 0.1) is 0 Å². The van der Waals surface area contributed by atoms with Crippen LogP contribution in [-0.2, 0) is 9.84 Å². The number of ether oxygens (including phenoxy) is 2. The van der Waals surface area contributed by atoms with E-state index in [4.69, 9.17) is 9.47 Å². The smallest absolute Gasteiger partial charge is 0.339 e. The third-order valence-electron chi connectivity index (χ3n) is 3.03. The number of sulfone groups is 1. The van der Waals surface area contributed by atoms with Crippen LogP contribution in [0.3, 0.4) is 0 Å². The third kappa shape index (κ3) is 4.48. The zero-order chi connectivity index (χ0) is 17.9. The van der Waals surface area contributed by atoms with Crippen LogP contribution < -0.4 is 9.47 Å². The number of hydrogen-bond acceptors (Lipinski definition) is 5. The van der Waals surface area contributed by atoms with Crippen LogP contribution in [0.1, 0.15) is 24.2 Å². The first-order valence-corrected chi connectivity index (χ1v) is 9.08. The van der Waals surface area contributed by atoms with Gasteiger partial charge in [-0.25, -0.2) is 13.2 Å². The lowest BCUT2D eigenvalue weighted by atomic mass is 10.2. The van der Waals surface area contributed by atoms with Gasteiger partial charge in [0.25, 0.3) is 0 Å². The van der Waals surface area contributed by atoms with Gasteiger partial charge in [-0.05, 0) is 56.3 Å². The van der Waals surface area contributed by atoms with Crippen molar-refractivity contribution in [3.8, 4) is 17.2 Å². The lowest BCUT2D eigenvalue weighted by Gasteiger charge is -2.14. The van der Waals surface area contributed by atoms with E-state index in [1.807, 2.05) is 0 Å². The predicted molar refractivity (Wildman–Crippen MR) is 88.8 cm³/mol. The zero-order valence-corrected chi connectivity index (χ0v) is 14.3. The first kappa shape index (κ1) is 17.8. The average molecular weight is 350 g/mol. The van der Waals surface area contributed by atoms with E-state index in [0.29, 0.717) is 11.5 Å². The van der Waals surface area contributed by atoms with Gasteiger partial charge >= 0.3 is 5.97 Å². The number of benzene rings is 2. The summed E-state index contributed by atoms with van der Waals surface area (Å²) in [5, 5.41) is 9.29. The molecule has 0 radical (unpaired) electrons. The Hall–Kier alpha value is -2.54. The fourth-order valence-corrected chi connectivity index (χ4v) is 2.62. The zero-order valence-electron chi connectivity index (χ0n) is 13.5. The van der Waals surface area contributed by atoms with Gasteiger partial charge in [0.05, 0.1) is 11.0 Å². The minimum Gasteiger partial charge on any atom is -0.490 e. The van der Waals surface area contributed by atoms with Crippen molar-refractivity contribution in [2.75, 3.05) is 6.26 Å². The van der Waals surface area contributed by atoms with Crippen LogP contribution in [0.4, 0.5) is 0 Å². The Morgan fingerprint density at radius 2 is 1.62 bits per heavy atom. The van der Waals surface area contributed by atoms with Crippen LogP contribution >= 0.6 is 0 Å². The molecule has 0 aliphatic heterocycles. The van der Waals surface area contributed by atoms with E-state index < -0.39 is 15.8 Å². The van der Waals surface area contributed by atoms with Crippen molar-refractivity contribution in [1.29, 1.82) is 0 Å². The van der Waals surface area contributed by atoms with Crippen molar-refractivity contribution >= 4 is 15.8 Å². The molecule has 0 amide bonds. The van der Waals surface area contributed by atoms with Gasteiger partial charge in [0.15, 0.2) is 9.84 Å². The van der Waals surface area contributed by atoms with Gasteiger partial charge in [0.1, 0.15) is 22.8 Å². The molecule has 2 aromatic carbocycles. The van der Waals surface area contributed by atoms with Gasteiger partial charge in [0.2, 0.25) is 0 Å². The maximum Gasteiger partial charge on any atom is 0.339 e. The SMILES string of the molecule is CC(C)Oc1ccc(Oc2ccc(S(C)(=O)=O)cc2)cc1C(=O)O. The Morgan fingerprint density at radius 1 is 1.04 bits per heavy atom. The number of carboxylic acids is 1. The van der Waals surface area contributed by atoms with Gasteiger partial charge in [-0.1, -0.05) is 0 Å². The van der Waals surface area contributed by atoms with Crippen molar-refractivity contribution < 1.29 is 27.8 Å². The van der Waals surface area contributed by atoms with Crippen molar-refractivity contribution in [3.63, 3.8) is 0 Å². The Bertz CT molecular complexity index is 838. The summed E-state index contributed by atoms with van der Waals surface area (Å²) in [6, 6.07) is 10.4. The molecule has 0 saturated carbocycles. The number of rotatable bonds is 6. The molecule has 24 heavy (non-hydrogen) atoms. The minimum atomic E-state index is -3.28. The lowest BCUT2D eigenvalue weighted by molar-refractivity contribution is 0.0690. The van der Waals surface area contributed by atoms with Crippen LogP contribution in [0.5, 0.6) is 17.2 Å². The van der Waals surface area contributed by atoms with Gasteiger partial charge in [-0.15, -0.1) is 0 Å². The largest absolute Gasteiger partial charge is 0.490 e. The molecule has 2 rings (SSSR count). The van der Waals surface area contributed by atoms with Crippen LogP contribution in [-0.4, -0.2) is 31.9 Å². The van der Waals surface area contributed by atoms with Crippen molar-refractivity contribution in [2.45, 2.75) is 24.8 Å². The summed E-state index contributed by atoms with van der Waals surface area (Å²) in [6.07, 6.45) is 0.966. The van der Waals surface area contributed by atoms with Gasteiger partial charge in [0, 0.05) is 6.26 Å². The fraction of sp³-hybridized carbons (Fsp3) is 0.235. The summed E-state index contributed by atoms with van der Waals surface area (Å²) in [4.78, 5) is 11.5. The average Bonchev–Trinajstić information content (AvgIpc) is 2.47. The molecular weight excluding hydrogens is 332 g/mol. The van der Waals surface area contributed by atoms with Crippen LogP contribution in [0.2, 0.25) is 0 Å². The van der Waals surface area contributed by atoms with Gasteiger partial charge in [-0.3, -0.25) is 0 Å². The van der Waals surface area contributed by atoms with Crippen molar-refractivity contribution in [3.05, 3.63) is 48.0 Å². The van der Waals surface area contributed by atoms with Gasteiger partial charge < -0.3 is 14.6 Å². The van der Waals surface area contributed by atoms with Crippen molar-refractivity contribution in [1.82, 2.24) is 0 Å². The molecule has 7 heteroatoms. The summed E-state index contributed by atoms with van der Waals surface area (Å²) in [5.41, 5.74) is -0.00560. The molecule has 0 aliphatic rings. The molecule has 0 aliphatic carbocycles. The molecule has 0 spiro atoms. The number of carbonyl (C=O) groups is 1. The van der Waals surface area contributed by atoms with E-state index in [0.717, 1.165) is 6.26 Å².